The Hall–Kier alpha value is -0.940. The molecule has 0 atom stereocenters. The van der Waals surface area contributed by atoms with Crippen molar-refractivity contribution in [3.8, 4) is 0 Å². The summed E-state index contributed by atoms with van der Waals surface area (Å²) in [6.07, 6.45) is 7.99. The molecule has 1 aliphatic carbocycles. The third-order valence-electron chi connectivity index (χ3n) is 4.01. The minimum atomic E-state index is -0.317. The quantitative estimate of drug-likeness (QED) is 0.473. The van der Waals surface area contributed by atoms with Crippen LogP contribution in [0, 0.1) is 16.0 Å². The normalized spacial score (nSPS) is 16.2. The molecule has 1 aromatic carbocycles. The van der Waals surface area contributed by atoms with Crippen molar-refractivity contribution in [1.82, 2.24) is 5.32 Å². The highest BCUT2D eigenvalue weighted by Gasteiger charge is 2.15. The molecule has 1 N–H and O–H groups in total. The zero-order chi connectivity index (χ0) is 14.4. The van der Waals surface area contributed by atoms with E-state index in [2.05, 4.69) is 21.2 Å². The zero-order valence-corrected chi connectivity index (χ0v) is 13.2. The average molecular weight is 341 g/mol. The van der Waals surface area contributed by atoms with Crippen LogP contribution in [0.3, 0.4) is 0 Å². The van der Waals surface area contributed by atoms with Crippen molar-refractivity contribution >= 4 is 21.6 Å². The first-order valence-electron chi connectivity index (χ1n) is 7.30. The van der Waals surface area contributed by atoms with E-state index >= 15 is 0 Å². The summed E-state index contributed by atoms with van der Waals surface area (Å²) >= 11 is 3.27. The monoisotopic (exact) mass is 340 g/mol. The number of hydrogen-bond donors (Lipinski definition) is 1. The lowest BCUT2D eigenvalue weighted by Crippen LogP contribution is -2.19. The molecule has 0 unspecified atom stereocenters. The molecule has 1 saturated carbocycles. The maximum Gasteiger partial charge on any atom is 0.275 e. The summed E-state index contributed by atoms with van der Waals surface area (Å²) in [4.78, 5) is 10.7. The number of benzene rings is 1. The molecule has 20 heavy (non-hydrogen) atoms. The number of nitrogens with zero attached hydrogens (tertiary/aromatic N) is 1. The fourth-order valence-electron chi connectivity index (χ4n) is 2.86. The van der Waals surface area contributed by atoms with Gasteiger partial charge in [-0.25, -0.2) is 0 Å². The van der Waals surface area contributed by atoms with Gasteiger partial charge in [0.15, 0.2) is 0 Å². The summed E-state index contributed by atoms with van der Waals surface area (Å²) in [5.74, 6) is 0.844. The van der Waals surface area contributed by atoms with Gasteiger partial charge in [0.1, 0.15) is 0 Å². The van der Waals surface area contributed by atoms with Crippen molar-refractivity contribution in [2.75, 3.05) is 6.54 Å². The molecular weight excluding hydrogens is 320 g/mol. The Morgan fingerprint density at radius 3 is 2.75 bits per heavy atom. The van der Waals surface area contributed by atoms with E-state index in [1.807, 2.05) is 12.1 Å². The Balaban J connectivity index is 1.80. The molecule has 110 valence electrons. The Morgan fingerprint density at radius 2 is 2.05 bits per heavy atom. The van der Waals surface area contributed by atoms with Crippen LogP contribution in [0.25, 0.3) is 0 Å². The van der Waals surface area contributed by atoms with Gasteiger partial charge in [-0.15, -0.1) is 0 Å². The van der Waals surface area contributed by atoms with Crippen molar-refractivity contribution in [2.45, 2.75) is 45.1 Å². The smallest absolute Gasteiger partial charge is 0.275 e. The maximum atomic E-state index is 11.0. The number of nitrogens with one attached hydrogen (secondary N) is 1. The van der Waals surface area contributed by atoms with E-state index in [-0.39, 0.29) is 10.6 Å². The van der Waals surface area contributed by atoms with Crippen LogP contribution < -0.4 is 5.32 Å². The third-order valence-corrected chi connectivity index (χ3v) is 4.51. The van der Waals surface area contributed by atoms with Crippen LogP contribution in [0.5, 0.6) is 0 Å². The van der Waals surface area contributed by atoms with Gasteiger partial charge in [-0.3, -0.25) is 10.1 Å². The lowest BCUT2D eigenvalue weighted by Gasteiger charge is -2.21. The minimum Gasteiger partial charge on any atom is -0.312 e. The molecule has 0 amide bonds. The Kier molecular flexibility index (Phi) is 5.98. The van der Waals surface area contributed by atoms with E-state index in [0.717, 1.165) is 22.5 Å². The van der Waals surface area contributed by atoms with Crippen molar-refractivity contribution in [1.29, 1.82) is 0 Å². The van der Waals surface area contributed by atoms with Crippen LogP contribution in [0.2, 0.25) is 0 Å². The van der Waals surface area contributed by atoms with Gasteiger partial charge in [0.25, 0.3) is 5.69 Å². The van der Waals surface area contributed by atoms with Gasteiger partial charge >= 0.3 is 0 Å². The molecule has 1 fully saturated rings. The molecule has 0 heterocycles. The Morgan fingerprint density at radius 1 is 1.30 bits per heavy atom. The molecular formula is C15H21BrN2O2. The predicted molar refractivity (Wildman–Crippen MR) is 83.7 cm³/mol. The highest BCUT2D eigenvalue weighted by atomic mass is 79.9. The van der Waals surface area contributed by atoms with Crippen molar-refractivity contribution in [3.63, 3.8) is 0 Å². The summed E-state index contributed by atoms with van der Waals surface area (Å²) < 4.78 is 0.746. The highest BCUT2D eigenvalue weighted by Crippen LogP contribution is 2.26. The summed E-state index contributed by atoms with van der Waals surface area (Å²) in [6.45, 7) is 1.51. The van der Waals surface area contributed by atoms with Gasteiger partial charge in [-0.2, -0.15) is 0 Å². The van der Waals surface area contributed by atoms with Crippen LogP contribution >= 0.6 is 15.9 Å². The Bertz CT molecular complexity index is 459. The highest BCUT2D eigenvalue weighted by molar-refractivity contribution is 9.10. The third kappa shape index (κ3) is 4.56. The number of halogens is 1. The van der Waals surface area contributed by atoms with Crippen LogP contribution in [-0.2, 0) is 6.54 Å². The minimum absolute atomic E-state index is 0.185. The van der Waals surface area contributed by atoms with E-state index in [4.69, 9.17) is 0 Å². The topological polar surface area (TPSA) is 55.2 Å². The molecule has 0 bridgehead atoms. The summed E-state index contributed by atoms with van der Waals surface area (Å²) in [7, 11) is 0. The first kappa shape index (κ1) is 15.4. The molecule has 1 aliphatic rings. The lowest BCUT2D eigenvalue weighted by atomic mass is 9.87. The number of rotatable bonds is 6. The van der Waals surface area contributed by atoms with E-state index < -0.39 is 0 Å². The van der Waals surface area contributed by atoms with Crippen LogP contribution in [0.1, 0.15) is 44.1 Å². The van der Waals surface area contributed by atoms with Gasteiger partial charge in [0.2, 0.25) is 0 Å². The molecule has 4 nitrogen and oxygen atoms in total. The molecule has 0 aromatic heterocycles. The largest absolute Gasteiger partial charge is 0.312 e. The van der Waals surface area contributed by atoms with E-state index in [0.29, 0.717) is 6.54 Å². The Labute approximate surface area is 128 Å². The standard InChI is InChI=1S/C15H21BrN2O2/c16-14-7-6-13(15(10-14)18(19)20)11-17-9-8-12-4-2-1-3-5-12/h6-7,10,12,17H,1-5,8-9,11H2. The van der Waals surface area contributed by atoms with Gasteiger partial charge in [-0.1, -0.05) is 48.0 Å². The number of nitro groups is 1. The molecule has 0 spiro atoms. The van der Waals surface area contributed by atoms with Crippen molar-refractivity contribution in [2.24, 2.45) is 5.92 Å². The van der Waals surface area contributed by atoms with Crippen LogP contribution in [0.4, 0.5) is 5.69 Å². The molecule has 2 rings (SSSR count). The average Bonchev–Trinajstić information content (AvgIpc) is 2.45. The van der Waals surface area contributed by atoms with E-state index in [1.54, 1.807) is 6.07 Å². The summed E-state index contributed by atoms with van der Waals surface area (Å²) in [5, 5.41) is 14.4. The number of nitro benzene ring substituents is 1. The van der Waals surface area contributed by atoms with Gasteiger partial charge in [0.05, 0.1) is 4.92 Å². The molecule has 0 radical (unpaired) electrons. The fraction of sp³-hybridized carbons (Fsp3) is 0.600. The second kappa shape index (κ2) is 7.74. The fourth-order valence-corrected chi connectivity index (χ4v) is 3.21. The maximum absolute atomic E-state index is 11.0. The molecule has 0 aliphatic heterocycles. The summed E-state index contributed by atoms with van der Waals surface area (Å²) in [5.41, 5.74) is 0.936. The first-order chi connectivity index (χ1) is 9.66. The van der Waals surface area contributed by atoms with Gasteiger partial charge in [-0.05, 0) is 31.0 Å². The van der Waals surface area contributed by atoms with Crippen LogP contribution in [0.15, 0.2) is 22.7 Å². The second-order valence-corrected chi connectivity index (χ2v) is 6.42. The zero-order valence-electron chi connectivity index (χ0n) is 11.6. The molecule has 5 heteroatoms. The molecule has 0 saturated heterocycles. The van der Waals surface area contributed by atoms with Crippen molar-refractivity contribution < 1.29 is 4.92 Å². The van der Waals surface area contributed by atoms with E-state index in [1.165, 1.54) is 38.5 Å². The van der Waals surface area contributed by atoms with Gasteiger partial charge < -0.3 is 5.32 Å². The predicted octanol–water partition coefficient (Wildman–Crippen LogP) is 4.42. The summed E-state index contributed by atoms with van der Waals surface area (Å²) in [6, 6.07) is 5.24. The van der Waals surface area contributed by atoms with Gasteiger partial charge in [0, 0.05) is 22.6 Å². The van der Waals surface area contributed by atoms with E-state index in [9.17, 15) is 10.1 Å². The molecule has 1 aromatic rings. The van der Waals surface area contributed by atoms with Crippen LogP contribution in [-0.4, -0.2) is 11.5 Å². The SMILES string of the molecule is O=[N+]([O-])c1cc(Br)ccc1CNCCC1CCCCC1. The lowest BCUT2D eigenvalue weighted by molar-refractivity contribution is -0.385. The van der Waals surface area contributed by atoms with Crippen molar-refractivity contribution in [3.05, 3.63) is 38.3 Å². The second-order valence-electron chi connectivity index (χ2n) is 5.50. The number of hydrogen-bond acceptors (Lipinski definition) is 3. The first-order valence-corrected chi connectivity index (χ1v) is 8.09.